The molecule has 0 aromatic carbocycles. The van der Waals surface area contributed by atoms with E-state index < -0.39 is 0 Å². The molecule has 0 aliphatic carbocycles. The molecule has 0 aliphatic rings. The molecule has 2 rings (SSSR count). The highest BCUT2D eigenvalue weighted by Crippen LogP contribution is 2.18. The second-order valence-corrected chi connectivity index (χ2v) is 2.92. The summed E-state index contributed by atoms with van der Waals surface area (Å²) in [6, 6.07) is 1.64. The molecule has 6 heteroatoms. The van der Waals surface area contributed by atoms with Gasteiger partial charge in [-0.1, -0.05) is 11.6 Å². The van der Waals surface area contributed by atoms with E-state index in [4.69, 9.17) is 23.1 Å². The summed E-state index contributed by atoms with van der Waals surface area (Å²) in [6.45, 7) is 0. The van der Waals surface area contributed by atoms with Crippen LogP contribution in [0.1, 0.15) is 0 Å². The van der Waals surface area contributed by atoms with E-state index in [-0.39, 0.29) is 11.8 Å². The number of hydrogen-bond donors (Lipinski definition) is 2. The van der Waals surface area contributed by atoms with Crippen LogP contribution in [0, 0.1) is 0 Å². The van der Waals surface area contributed by atoms with Crippen LogP contribution in [0.2, 0.25) is 5.02 Å². The van der Waals surface area contributed by atoms with Crippen LogP contribution < -0.4 is 11.5 Å². The van der Waals surface area contributed by atoms with Crippen molar-refractivity contribution in [2.75, 3.05) is 11.5 Å². The molecule has 5 nitrogen and oxygen atoms in total. The Morgan fingerprint density at radius 2 is 2.00 bits per heavy atom. The number of pyridine rings is 1. The van der Waals surface area contributed by atoms with Gasteiger partial charge in [0.05, 0.1) is 10.5 Å². The van der Waals surface area contributed by atoms with E-state index in [0.29, 0.717) is 16.1 Å². The first-order valence-electron chi connectivity index (χ1n) is 3.51. The molecule has 0 fully saturated rings. The summed E-state index contributed by atoms with van der Waals surface area (Å²) >= 11 is 5.72. The zero-order valence-corrected chi connectivity index (χ0v) is 7.28. The van der Waals surface area contributed by atoms with Gasteiger partial charge >= 0.3 is 0 Å². The molecule has 0 radical (unpaired) electrons. The minimum atomic E-state index is 0.120. The summed E-state index contributed by atoms with van der Waals surface area (Å²) in [5.74, 6) is 0.383. The fourth-order valence-corrected chi connectivity index (χ4v) is 1.19. The first-order valence-corrected chi connectivity index (χ1v) is 3.89. The lowest BCUT2D eigenvalue weighted by molar-refractivity contribution is 1.22. The van der Waals surface area contributed by atoms with Crippen LogP contribution in [-0.2, 0) is 0 Å². The molecule has 0 amide bonds. The van der Waals surface area contributed by atoms with Crippen LogP contribution in [0.25, 0.3) is 11.0 Å². The maximum absolute atomic E-state index is 5.72. The van der Waals surface area contributed by atoms with Gasteiger partial charge in [0.1, 0.15) is 5.52 Å². The van der Waals surface area contributed by atoms with Crippen LogP contribution >= 0.6 is 11.6 Å². The Morgan fingerprint density at radius 1 is 1.23 bits per heavy atom. The van der Waals surface area contributed by atoms with Gasteiger partial charge in [-0.25, -0.2) is 9.97 Å². The summed E-state index contributed by atoms with van der Waals surface area (Å²) in [5.41, 5.74) is 12.0. The van der Waals surface area contributed by atoms with Crippen molar-refractivity contribution in [3.05, 3.63) is 17.3 Å². The molecule has 66 valence electrons. The number of nitrogens with two attached hydrogens (primary N) is 2. The van der Waals surface area contributed by atoms with Crippen molar-refractivity contribution in [3.8, 4) is 0 Å². The molecule has 0 saturated heterocycles. The highest BCUT2D eigenvalue weighted by Gasteiger charge is 2.04. The van der Waals surface area contributed by atoms with E-state index in [1.54, 1.807) is 6.07 Å². The van der Waals surface area contributed by atoms with E-state index in [9.17, 15) is 0 Å². The molecule has 0 unspecified atom stereocenters. The average Bonchev–Trinajstić information content (AvgIpc) is 2.02. The molecular weight excluding hydrogens is 190 g/mol. The van der Waals surface area contributed by atoms with Crippen molar-refractivity contribution in [1.29, 1.82) is 0 Å². The number of nitrogens with zero attached hydrogens (tertiary/aromatic N) is 3. The van der Waals surface area contributed by atoms with Gasteiger partial charge in [-0.15, -0.1) is 0 Å². The van der Waals surface area contributed by atoms with Crippen LogP contribution in [0.4, 0.5) is 11.8 Å². The molecule has 4 N–H and O–H groups in total. The Hall–Kier alpha value is -1.62. The van der Waals surface area contributed by atoms with E-state index in [1.165, 1.54) is 6.20 Å². The van der Waals surface area contributed by atoms with Crippen LogP contribution in [0.15, 0.2) is 12.3 Å². The maximum Gasteiger partial charge on any atom is 0.222 e. The topological polar surface area (TPSA) is 90.7 Å². The number of anilines is 2. The van der Waals surface area contributed by atoms with Gasteiger partial charge in [0.25, 0.3) is 0 Å². The summed E-state index contributed by atoms with van der Waals surface area (Å²) in [4.78, 5) is 11.7. The second-order valence-electron chi connectivity index (χ2n) is 2.49. The Balaban J connectivity index is 2.86. The zero-order chi connectivity index (χ0) is 9.42. The van der Waals surface area contributed by atoms with Crippen LogP contribution in [-0.4, -0.2) is 15.0 Å². The van der Waals surface area contributed by atoms with Gasteiger partial charge in [0, 0.05) is 6.20 Å². The van der Waals surface area contributed by atoms with Crippen molar-refractivity contribution >= 4 is 34.4 Å². The Bertz CT molecular complexity index is 464. The highest BCUT2D eigenvalue weighted by molar-refractivity contribution is 6.31. The molecule has 13 heavy (non-hydrogen) atoms. The first kappa shape index (κ1) is 8.00. The summed E-state index contributed by atoms with van der Waals surface area (Å²) in [6.07, 6.45) is 1.49. The fraction of sp³-hybridized carbons (Fsp3) is 0. The minimum absolute atomic E-state index is 0.120. The SMILES string of the molecule is Nc1nc(N)c2ncc(Cl)cc2n1. The van der Waals surface area contributed by atoms with Gasteiger partial charge in [0.15, 0.2) is 5.82 Å². The average molecular weight is 196 g/mol. The minimum Gasteiger partial charge on any atom is -0.382 e. The molecule has 0 aliphatic heterocycles. The molecule has 2 aromatic heterocycles. The lowest BCUT2D eigenvalue weighted by atomic mass is 10.3. The summed E-state index contributed by atoms with van der Waals surface area (Å²) in [7, 11) is 0. The molecule has 0 spiro atoms. The largest absolute Gasteiger partial charge is 0.382 e. The van der Waals surface area contributed by atoms with Gasteiger partial charge in [-0.3, -0.25) is 0 Å². The fourth-order valence-electron chi connectivity index (χ4n) is 1.04. The van der Waals surface area contributed by atoms with Gasteiger partial charge in [0.2, 0.25) is 5.95 Å². The third-order valence-electron chi connectivity index (χ3n) is 1.55. The van der Waals surface area contributed by atoms with E-state index in [2.05, 4.69) is 15.0 Å². The molecule has 0 atom stereocenters. The standard InChI is InChI=1S/C7H6ClN5/c8-3-1-4-5(11-2-3)6(9)13-7(10)12-4/h1-2H,(H4,9,10,12,13). The monoisotopic (exact) mass is 195 g/mol. The molecular formula is C7H6ClN5. The normalized spacial score (nSPS) is 10.5. The van der Waals surface area contributed by atoms with Gasteiger partial charge < -0.3 is 11.5 Å². The third kappa shape index (κ3) is 1.33. The second kappa shape index (κ2) is 2.70. The number of nitrogen functional groups attached to an aromatic ring is 2. The Morgan fingerprint density at radius 3 is 2.77 bits per heavy atom. The van der Waals surface area contributed by atoms with Crippen molar-refractivity contribution in [2.45, 2.75) is 0 Å². The van der Waals surface area contributed by atoms with Crippen LogP contribution in [0.5, 0.6) is 0 Å². The van der Waals surface area contributed by atoms with Crippen molar-refractivity contribution in [2.24, 2.45) is 0 Å². The Kier molecular flexibility index (Phi) is 1.66. The highest BCUT2D eigenvalue weighted by atomic mass is 35.5. The smallest absolute Gasteiger partial charge is 0.222 e. The molecule has 2 aromatic rings. The van der Waals surface area contributed by atoms with E-state index in [0.717, 1.165) is 0 Å². The molecule has 2 heterocycles. The molecule has 0 saturated carbocycles. The number of hydrogen-bond acceptors (Lipinski definition) is 5. The summed E-state index contributed by atoms with van der Waals surface area (Å²) in [5, 5.41) is 0.491. The lowest BCUT2D eigenvalue weighted by Crippen LogP contribution is -2.01. The van der Waals surface area contributed by atoms with E-state index in [1.807, 2.05) is 0 Å². The van der Waals surface area contributed by atoms with Crippen molar-refractivity contribution in [3.63, 3.8) is 0 Å². The predicted molar refractivity (Wildman–Crippen MR) is 51.2 cm³/mol. The van der Waals surface area contributed by atoms with E-state index >= 15 is 0 Å². The zero-order valence-electron chi connectivity index (χ0n) is 6.53. The first-order chi connectivity index (χ1) is 6.16. The number of aromatic nitrogens is 3. The Labute approximate surface area is 78.8 Å². The number of rotatable bonds is 0. The summed E-state index contributed by atoms with van der Waals surface area (Å²) < 4.78 is 0. The number of fused-ring (bicyclic) bond motifs is 1. The third-order valence-corrected chi connectivity index (χ3v) is 1.75. The van der Waals surface area contributed by atoms with Crippen LogP contribution in [0.3, 0.4) is 0 Å². The maximum atomic E-state index is 5.72. The van der Waals surface area contributed by atoms with Gasteiger partial charge in [-0.2, -0.15) is 4.98 Å². The lowest BCUT2D eigenvalue weighted by Gasteiger charge is -2.00. The predicted octanol–water partition coefficient (Wildman–Crippen LogP) is 0.843. The van der Waals surface area contributed by atoms with Gasteiger partial charge in [-0.05, 0) is 6.07 Å². The molecule has 0 bridgehead atoms. The van der Waals surface area contributed by atoms with Crippen molar-refractivity contribution < 1.29 is 0 Å². The number of halogens is 1. The van der Waals surface area contributed by atoms with Crippen molar-refractivity contribution in [1.82, 2.24) is 15.0 Å². The quantitative estimate of drug-likeness (QED) is 0.650.